The van der Waals surface area contributed by atoms with E-state index in [4.69, 9.17) is 0 Å². The van der Waals surface area contributed by atoms with Crippen LogP contribution in [0.15, 0.2) is 28.7 Å². The highest BCUT2D eigenvalue weighted by Gasteiger charge is 2.43. The number of nitrogens with zero attached hydrogens (tertiary/aromatic N) is 1. The van der Waals surface area contributed by atoms with Crippen molar-refractivity contribution in [2.45, 2.75) is 25.3 Å². The second-order valence-corrected chi connectivity index (χ2v) is 6.48. The number of hydrogen-bond acceptors (Lipinski definition) is 2. The van der Waals surface area contributed by atoms with Gasteiger partial charge >= 0.3 is 0 Å². The molecule has 1 amide bonds. The molecule has 0 spiro atoms. The third-order valence-electron chi connectivity index (χ3n) is 3.86. The molecule has 1 aliphatic rings. The predicted molar refractivity (Wildman–Crippen MR) is 81.1 cm³/mol. The van der Waals surface area contributed by atoms with Gasteiger partial charge in [0, 0.05) is 23.0 Å². The highest BCUT2D eigenvalue weighted by atomic mass is 79.9. The molecular weight excluding hydrogens is 304 g/mol. The van der Waals surface area contributed by atoms with Crippen LogP contribution in [0.3, 0.4) is 0 Å². The number of carbonyl (C=O) groups is 1. The Labute approximate surface area is 123 Å². The monoisotopic (exact) mass is 324 g/mol. The Bertz CT molecular complexity index is 461. The van der Waals surface area contributed by atoms with E-state index in [1.807, 2.05) is 26.2 Å². The fraction of sp³-hybridized carbons (Fsp3) is 0.533. The normalized spacial score (nSPS) is 23.2. The van der Waals surface area contributed by atoms with Crippen LogP contribution in [-0.4, -0.2) is 37.5 Å². The van der Waals surface area contributed by atoms with Crippen molar-refractivity contribution in [1.29, 1.82) is 0 Å². The highest BCUT2D eigenvalue weighted by Crippen LogP contribution is 2.47. The van der Waals surface area contributed by atoms with Crippen molar-refractivity contribution in [3.05, 3.63) is 34.3 Å². The third-order valence-corrected chi connectivity index (χ3v) is 4.35. The molecular formula is C15H21BrN2O. The van der Waals surface area contributed by atoms with Gasteiger partial charge in [0.2, 0.25) is 5.91 Å². The van der Waals surface area contributed by atoms with Crippen molar-refractivity contribution in [2.75, 3.05) is 20.6 Å². The first-order valence-corrected chi connectivity index (χ1v) is 7.48. The standard InChI is InChI=1S/C15H21BrN2O/c1-10(18(2)3)9-17-15(19)14-8-13(14)11-5-4-6-12(16)7-11/h4-7,10,13-14H,8-9H2,1-3H3,(H,17,19)/t10-,13-,14-/m1/s1. The van der Waals surface area contributed by atoms with Crippen LogP contribution in [0.2, 0.25) is 0 Å². The lowest BCUT2D eigenvalue weighted by molar-refractivity contribution is -0.122. The highest BCUT2D eigenvalue weighted by molar-refractivity contribution is 9.10. The maximum Gasteiger partial charge on any atom is 0.223 e. The van der Waals surface area contributed by atoms with Gasteiger partial charge in [-0.3, -0.25) is 4.79 Å². The topological polar surface area (TPSA) is 32.3 Å². The van der Waals surface area contributed by atoms with Gasteiger partial charge in [0.25, 0.3) is 0 Å². The Hall–Kier alpha value is -0.870. The van der Waals surface area contributed by atoms with Gasteiger partial charge in [0.15, 0.2) is 0 Å². The maximum atomic E-state index is 12.1. The number of carbonyl (C=O) groups excluding carboxylic acids is 1. The summed E-state index contributed by atoms with van der Waals surface area (Å²) in [6, 6.07) is 8.62. The van der Waals surface area contributed by atoms with Crippen LogP contribution in [-0.2, 0) is 4.79 Å². The van der Waals surface area contributed by atoms with Crippen molar-refractivity contribution in [2.24, 2.45) is 5.92 Å². The number of rotatable bonds is 5. The molecule has 1 aliphatic carbocycles. The number of likely N-dealkylation sites (N-methyl/N-ethyl adjacent to an activating group) is 1. The summed E-state index contributed by atoms with van der Waals surface area (Å²) in [6.45, 7) is 2.83. The van der Waals surface area contributed by atoms with Crippen LogP contribution in [0.1, 0.15) is 24.8 Å². The van der Waals surface area contributed by atoms with E-state index in [-0.39, 0.29) is 11.8 Å². The average Bonchev–Trinajstić information content (AvgIpc) is 3.15. The molecule has 1 aromatic rings. The lowest BCUT2D eigenvalue weighted by atomic mass is 10.1. The molecule has 104 valence electrons. The van der Waals surface area contributed by atoms with Crippen LogP contribution >= 0.6 is 15.9 Å². The van der Waals surface area contributed by atoms with Gasteiger partial charge in [0.1, 0.15) is 0 Å². The zero-order valence-corrected chi connectivity index (χ0v) is 13.3. The molecule has 3 atom stereocenters. The molecule has 3 nitrogen and oxygen atoms in total. The van der Waals surface area contributed by atoms with Gasteiger partial charge in [-0.15, -0.1) is 0 Å². The van der Waals surface area contributed by atoms with Crippen LogP contribution in [0.25, 0.3) is 0 Å². The van der Waals surface area contributed by atoms with Crippen molar-refractivity contribution < 1.29 is 4.79 Å². The fourth-order valence-electron chi connectivity index (χ4n) is 2.15. The van der Waals surface area contributed by atoms with Crippen LogP contribution in [0, 0.1) is 5.92 Å². The Morgan fingerprint density at radius 2 is 2.26 bits per heavy atom. The summed E-state index contributed by atoms with van der Waals surface area (Å²) in [5, 5.41) is 3.05. The quantitative estimate of drug-likeness (QED) is 0.903. The van der Waals surface area contributed by atoms with Crippen molar-refractivity contribution in [3.8, 4) is 0 Å². The van der Waals surface area contributed by atoms with Crippen molar-refractivity contribution in [3.63, 3.8) is 0 Å². The molecule has 0 saturated heterocycles. The van der Waals surface area contributed by atoms with Gasteiger partial charge in [0.05, 0.1) is 0 Å². The zero-order chi connectivity index (χ0) is 14.0. The van der Waals surface area contributed by atoms with Gasteiger partial charge in [-0.2, -0.15) is 0 Å². The largest absolute Gasteiger partial charge is 0.354 e. The summed E-state index contributed by atoms with van der Waals surface area (Å²) in [5.74, 6) is 0.745. The minimum atomic E-state index is 0.156. The summed E-state index contributed by atoms with van der Waals surface area (Å²) >= 11 is 3.47. The smallest absolute Gasteiger partial charge is 0.223 e. The lowest BCUT2D eigenvalue weighted by Crippen LogP contribution is -2.38. The number of nitrogens with one attached hydrogen (secondary N) is 1. The second kappa shape index (κ2) is 6.06. The summed E-state index contributed by atoms with van der Waals surface area (Å²) in [6.07, 6.45) is 0.971. The number of halogens is 1. The van der Waals surface area contributed by atoms with E-state index in [0.717, 1.165) is 10.9 Å². The summed E-state index contributed by atoms with van der Waals surface area (Å²) in [7, 11) is 4.05. The third kappa shape index (κ3) is 3.80. The molecule has 1 saturated carbocycles. The molecule has 0 aliphatic heterocycles. The molecule has 0 heterocycles. The van der Waals surface area contributed by atoms with E-state index in [0.29, 0.717) is 18.5 Å². The molecule has 2 rings (SSSR count). The first-order chi connectivity index (χ1) is 8.99. The first kappa shape index (κ1) is 14.5. The lowest BCUT2D eigenvalue weighted by Gasteiger charge is -2.19. The number of benzene rings is 1. The van der Waals surface area contributed by atoms with Gasteiger partial charge in [-0.25, -0.2) is 0 Å². The predicted octanol–water partition coefficient (Wildman–Crippen LogP) is 2.62. The van der Waals surface area contributed by atoms with Crippen LogP contribution < -0.4 is 5.32 Å². The van der Waals surface area contributed by atoms with Gasteiger partial charge in [-0.1, -0.05) is 28.1 Å². The SMILES string of the molecule is C[C@H](CNC(=O)[C@@H]1C[C@@H]1c1cccc(Br)c1)N(C)C. The Morgan fingerprint density at radius 1 is 1.53 bits per heavy atom. The van der Waals surface area contributed by atoms with E-state index in [1.165, 1.54) is 5.56 Å². The van der Waals surface area contributed by atoms with E-state index in [1.54, 1.807) is 0 Å². The summed E-state index contributed by atoms with van der Waals surface area (Å²) in [4.78, 5) is 14.2. The minimum Gasteiger partial charge on any atom is -0.354 e. The summed E-state index contributed by atoms with van der Waals surface area (Å²) in [5.41, 5.74) is 1.26. The Kier molecular flexibility index (Phi) is 4.63. The molecule has 1 fully saturated rings. The minimum absolute atomic E-state index is 0.156. The molecule has 0 aromatic heterocycles. The van der Waals surface area contributed by atoms with E-state index < -0.39 is 0 Å². The van der Waals surface area contributed by atoms with E-state index >= 15 is 0 Å². The van der Waals surface area contributed by atoms with E-state index in [2.05, 4.69) is 45.2 Å². The van der Waals surface area contributed by atoms with Crippen molar-refractivity contribution >= 4 is 21.8 Å². The Balaban J connectivity index is 1.84. The van der Waals surface area contributed by atoms with Gasteiger partial charge < -0.3 is 10.2 Å². The molecule has 1 aromatic carbocycles. The zero-order valence-electron chi connectivity index (χ0n) is 11.7. The maximum absolute atomic E-state index is 12.1. The second-order valence-electron chi connectivity index (χ2n) is 5.56. The first-order valence-electron chi connectivity index (χ1n) is 6.68. The van der Waals surface area contributed by atoms with E-state index in [9.17, 15) is 4.79 Å². The molecule has 0 unspecified atom stereocenters. The number of amides is 1. The Morgan fingerprint density at radius 3 is 2.89 bits per heavy atom. The molecule has 0 bridgehead atoms. The fourth-order valence-corrected chi connectivity index (χ4v) is 2.57. The average molecular weight is 325 g/mol. The molecule has 4 heteroatoms. The molecule has 0 radical (unpaired) electrons. The van der Waals surface area contributed by atoms with Crippen molar-refractivity contribution in [1.82, 2.24) is 10.2 Å². The molecule has 19 heavy (non-hydrogen) atoms. The summed E-state index contributed by atoms with van der Waals surface area (Å²) < 4.78 is 1.08. The molecule has 1 N–H and O–H groups in total. The van der Waals surface area contributed by atoms with Crippen LogP contribution in [0.4, 0.5) is 0 Å². The number of hydrogen-bond donors (Lipinski definition) is 1. The van der Waals surface area contributed by atoms with Crippen LogP contribution in [0.5, 0.6) is 0 Å². The van der Waals surface area contributed by atoms with Gasteiger partial charge in [-0.05, 0) is 51.1 Å².